The molecule has 0 bridgehead atoms. The molecule has 0 aromatic rings. The van der Waals surface area contributed by atoms with E-state index in [1.54, 1.807) is 27.9 Å². The highest BCUT2D eigenvalue weighted by molar-refractivity contribution is 5.79. The van der Waals surface area contributed by atoms with Gasteiger partial charge in [-0.05, 0) is 40.0 Å². The van der Waals surface area contributed by atoms with Crippen molar-refractivity contribution in [1.29, 1.82) is 0 Å². The van der Waals surface area contributed by atoms with Crippen molar-refractivity contribution in [3.8, 4) is 6.07 Å². The molecule has 102 valence electrons. The van der Waals surface area contributed by atoms with Crippen molar-refractivity contribution in [2.24, 2.45) is 11.7 Å². The van der Waals surface area contributed by atoms with Gasteiger partial charge in [-0.2, -0.15) is 4.79 Å². The fourth-order valence-electron chi connectivity index (χ4n) is 1.99. The van der Waals surface area contributed by atoms with Gasteiger partial charge in [-0.15, -0.1) is 0 Å². The number of nitrogens with zero attached hydrogens (tertiary/aromatic N) is 1. The Bertz CT molecular complexity index is 351. The van der Waals surface area contributed by atoms with Gasteiger partial charge in [-0.1, -0.05) is 0 Å². The maximum Gasteiger partial charge on any atom is 0.728 e. The molecule has 1 unspecified atom stereocenters. The number of methoxy groups -OCH3 is 1. The summed E-state index contributed by atoms with van der Waals surface area (Å²) in [6, 6.07) is 3.00. The summed E-state index contributed by atoms with van der Waals surface area (Å²) < 4.78 is 10.4. The number of carbonyl (C=O) groups excluding carboxylic acids is 1. The second-order valence-electron chi connectivity index (χ2n) is 5.68. The molecule has 0 aromatic carbocycles. The van der Waals surface area contributed by atoms with E-state index < -0.39 is 11.7 Å². The number of ether oxygens (including phenoxy) is 2. The monoisotopic (exact) mass is 255 g/mol. The molecule has 0 saturated heterocycles. The SMILES string of the molecule is CO[C@H]1C[C@H](N)CCC1C#[N+]C(=O)OC(C)(C)C. The van der Waals surface area contributed by atoms with Crippen molar-refractivity contribution in [3.63, 3.8) is 0 Å². The van der Waals surface area contributed by atoms with Gasteiger partial charge in [0.1, 0.15) is 11.5 Å². The topological polar surface area (TPSA) is 65.9 Å². The lowest BCUT2D eigenvalue weighted by Gasteiger charge is -2.27. The highest BCUT2D eigenvalue weighted by atomic mass is 16.6. The summed E-state index contributed by atoms with van der Waals surface area (Å²) in [5.41, 5.74) is 5.34. The van der Waals surface area contributed by atoms with E-state index in [-0.39, 0.29) is 18.1 Å². The molecule has 5 nitrogen and oxygen atoms in total. The average molecular weight is 255 g/mol. The molecule has 0 radical (unpaired) electrons. The minimum absolute atomic E-state index is 0.0139. The van der Waals surface area contributed by atoms with Gasteiger partial charge in [0, 0.05) is 13.2 Å². The fourth-order valence-corrected chi connectivity index (χ4v) is 1.99. The number of hydrogen-bond donors (Lipinski definition) is 1. The molecule has 1 fully saturated rings. The van der Waals surface area contributed by atoms with Crippen LogP contribution in [0.3, 0.4) is 0 Å². The van der Waals surface area contributed by atoms with Crippen LogP contribution < -0.4 is 5.73 Å². The van der Waals surface area contributed by atoms with Crippen LogP contribution in [0.4, 0.5) is 4.79 Å². The van der Waals surface area contributed by atoms with Gasteiger partial charge in [0.05, 0.1) is 10.9 Å². The maximum absolute atomic E-state index is 11.4. The summed E-state index contributed by atoms with van der Waals surface area (Å²) >= 11 is 0. The molecule has 1 aliphatic carbocycles. The van der Waals surface area contributed by atoms with Gasteiger partial charge in [-0.3, -0.25) is 0 Å². The molecule has 0 heterocycles. The van der Waals surface area contributed by atoms with Crippen LogP contribution in [0.15, 0.2) is 0 Å². The molecule has 1 amide bonds. The van der Waals surface area contributed by atoms with Gasteiger partial charge < -0.3 is 15.2 Å². The Morgan fingerprint density at radius 1 is 1.39 bits per heavy atom. The predicted octanol–water partition coefficient (Wildman–Crippen LogP) is 2.40. The minimum atomic E-state index is -0.604. The molecule has 0 aliphatic heterocycles. The third kappa shape index (κ3) is 5.03. The first-order valence-corrected chi connectivity index (χ1v) is 6.29. The van der Waals surface area contributed by atoms with E-state index in [0.717, 1.165) is 19.3 Å². The van der Waals surface area contributed by atoms with Gasteiger partial charge in [0.25, 0.3) is 6.07 Å². The van der Waals surface area contributed by atoms with Gasteiger partial charge in [0.2, 0.25) is 0 Å². The van der Waals surface area contributed by atoms with E-state index in [0.29, 0.717) is 0 Å². The number of amides is 1. The highest BCUT2D eigenvalue weighted by Crippen LogP contribution is 2.25. The molecule has 0 aromatic heterocycles. The molecule has 3 atom stereocenters. The van der Waals surface area contributed by atoms with E-state index in [4.69, 9.17) is 15.2 Å². The van der Waals surface area contributed by atoms with E-state index in [2.05, 4.69) is 10.9 Å². The first-order valence-electron chi connectivity index (χ1n) is 6.29. The Balaban J connectivity index is 2.58. The zero-order valence-corrected chi connectivity index (χ0v) is 11.6. The summed E-state index contributed by atoms with van der Waals surface area (Å²) in [5.74, 6) is 0.0160. The molecule has 1 aliphatic rings. The second-order valence-corrected chi connectivity index (χ2v) is 5.68. The van der Waals surface area contributed by atoms with Gasteiger partial charge >= 0.3 is 6.09 Å². The second kappa shape index (κ2) is 6.17. The first-order chi connectivity index (χ1) is 8.31. The number of carbonyl (C=O) groups is 1. The predicted molar refractivity (Wildman–Crippen MR) is 69.6 cm³/mol. The number of nitrogens with two attached hydrogens (primary N) is 1. The third-order valence-corrected chi connectivity index (χ3v) is 2.85. The summed E-state index contributed by atoms with van der Waals surface area (Å²) in [7, 11) is 1.64. The third-order valence-electron chi connectivity index (χ3n) is 2.85. The van der Waals surface area contributed by atoms with Crippen LogP contribution in [0.1, 0.15) is 40.0 Å². The van der Waals surface area contributed by atoms with Crippen molar-refractivity contribution in [1.82, 2.24) is 0 Å². The van der Waals surface area contributed by atoms with Crippen LogP contribution in [0.25, 0.3) is 4.85 Å². The quantitative estimate of drug-likeness (QED) is 0.781. The first kappa shape index (κ1) is 14.9. The van der Waals surface area contributed by atoms with Crippen LogP contribution in [-0.2, 0) is 9.47 Å². The summed E-state index contributed by atoms with van der Waals surface area (Å²) in [6.07, 6.45) is 1.90. The zero-order valence-electron chi connectivity index (χ0n) is 11.6. The normalized spacial score (nSPS) is 28.2. The average Bonchev–Trinajstić information content (AvgIpc) is 2.24. The molecular weight excluding hydrogens is 232 g/mol. The molecule has 18 heavy (non-hydrogen) atoms. The Morgan fingerprint density at radius 2 is 2.06 bits per heavy atom. The molecule has 5 heteroatoms. The Morgan fingerprint density at radius 3 is 2.61 bits per heavy atom. The van der Waals surface area contributed by atoms with Crippen LogP contribution in [0.2, 0.25) is 0 Å². The van der Waals surface area contributed by atoms with Crippen molar-refractivity contribution in [2.75, 3.05) is 7.11 Å². The zero-order chi connectivity index (χ0) is 13.8. The van der Waals surface area contributed by atoms with Crippen LogP contribution in [-0.4, -0.2) is 30.9 Å². The molecule has 0 spiro atoms. The number of rotatable bonds is 1. The van der Waals surface area contributed by atoms with Crippen LogP contribution >= 0.6 is 0 Å². The van der Waals surface area contributed by atoms with Gasteiger partial charge in [-0.25, -0.2) is 0 Å². The highest BCUT2D eigenvalue weighted by Gasteiger charge is 2.33. The fraction of sp³-hybridized carbons (Fsp3) is 0.846. The van der Waals surface area contributed by atoms with E-state index in [1.165, 1.54) is 0 Å². The van der Waals surface area contributed by atoms with Crippen molar-refractivity contribution in [2.45, 2.75) is 57.8 Å². The Labute approximate surface area is 108 Å². The Kier molecular flexibility index (Phi) is 5.12. The van der Waals surface area contributed by atoms with E-state index in [9.17, 15) is 4.79 Å². The lowest BCUT2D eigenvalue weighted by Crippen LogP contribution is -2.37. The summed E-state index contributed by atoms with van der Waals surface area (Å²) in [6.45, 7) is 5.41. The standard InChI is InChI=1S/C13H23N2O3/c1-13(2,3)18-12(16)15-8-9-5-6-10(14)7-11(9)17-4/h9-11H,5-7,14H2,1-4H3/q+1/t9?,10-,11+/m1/s1. The van der Waals surface area contributed by atoms with Gasteiger partial charge in [0.15, 0.2) is 0 Å². The molecular formula is C13H23N2O3+. The lowest BCUT2D eigenvalue weighted by molar-refractivity contribution is 0.0381. The molecule has 1 rings (SSSR count). The van der Waals surface area contributed by atoms with Crippen molar-refractivity contribution < 1.29 is 14.3 Å². The van der Waals surface area contributed by atoms with E-state index in [1.807, 2.05) is 0 Å². The van der Waals surface area contributed by atoms with Crippen LogP contribution in [0, 0.1) is 12.0 Å². The lowest BCUT2D eigenvalue weighted by atomic mass is 9.85. The molecule has 2 N–H and O–H groups in total. The minimum Gasteiger partial charge on any atom is -0.392 e. The maximum atomic E-state index is 11.4. The Hall–Kier alpha value is -1.12. The number of hydrogen-bond acceptors (Lipinski definition) is 4. The van der Waals surface area contributed by atoms with Crippen molar-refractivity contribution in [3.05, 3.63) is 4.85 Å². The smallest absolute Gasteiger partial charge is 0.392 e. The largest absolute Gasteiger partial charge is 0.728 e. The summed E-state index contributed by atoms with van der Waals surface area (Å²) in [5, 5.41) is 0. The van der Waals surface area contributed by atoms with Crippen molar-refractivity contribution >= 4 is 6.09 Å². The summed E-state index contributed by atoms with van der Waals surface area (Å²) in [4.78, 5) is 15.2. The van der Waals surface area contributed by atoms with Crippen LogP contribution in [0.5, 0.6) is 0 Å². The molecule has 1 saturated carbocycles. The van der Waals surface area contributed by atoms with E-state index >= 15 is 0 Å².